The zero-order valence-electron chi connectivity index (χ0n) is 20.4. The van der Waals surface area contributed by atoms with Crippen molar-refractivity contribution in [3.8, 4) is 5.75 Å². The van der Waals surface area contributed by atoms with Gasteiger partial charge in [0.2, 0.25) is 11.8 Å². The lowest BCUT2D eigenvalue weighted by Crippen LogP contribution is -2.51. The molecule has 1 aliphatic carbocycles. The molecule has 0 saturated heterocycles. The maximum Gasteiger partial charge on any atom is 0.247 e. The van der Waals surface area contributed by atoms with E-state index in [2.05, 4.69) is 17.5 Å². The summed E-state index contributed by atoms with van der Waals surface area (Å²) in [5.41, 5.74) is 2.51. The van der Waals surface area contributed by atoms with Crippen LogP contribution in [0.4, 0.5) is 5.69 Å². The molecular formula is C30H31ClN2O3. The second-order valence-corrected chi connectivity index (χ2v) is 9.45. The van der Waals surface area contributed by atoms with Gasteiger partial charge in [0.1, 0.15) is 11.8 Å². The van der Waals surface area contributed by atoms with Gasteiger partial charge in [0.05, 0.1) is 13.5 Å². The van der Waals surface area contributed by atoms with Gasteiger partial charge < -0.3 is 15.0 Å². The number of benzene rings is 3. The van der Waals surface area contributed by atoms with Gasteiger partial charge in [0, 0.05) is 17.3 Å². The molecule has 1 N–H and O–H groups in total. The number of halogens is 1. The largest absolute Gasteiger partial charge is 0.497 e. The van der Waals surface area contributed by atoms with E-state index in [4.69, 9.17) is 16.3 Å². The third-order valence-corrected chi connectivity index (χ3v) is 6.75. The summed E-state index contributed by atoms with van der Waals surface area (Å²) in [4.78, 5) is 29.4. The van der Waals surface area contributed by atoms with Crippen molar-refractivity contribution in [3.63, 3.8) is 0 Å². The van der Waals surface area contributed by atoms with Gasteiger partial charge in [-0.2, -0.15) is 0 Å². The summed E-state index contributed by atoms with van der Waals surface area (Å²) in [5, 5.41) is 3.68. The number of carbonyl (C=O) groups excluding carboxylic acids is 2. The van der Waals surface area contributed by atoms with Crippen molar-refractivity contribution in [2.75, 3.05) is 12.4 Å². The van der Waals surface area contributed by atoms with Crippen molar-refractivity contribution in [2.24, 2.45) is 5.92 Å². The number of carbonyl (C=O) groups is 2. The molecule has 0 aliphatic heterocycles. The first-order valence-corrected chi connectivity index (χ1v) is 12.6. The summed E-state index contributed by atoms with van der Waals surface area (Å²) in [7, 11) is 1.60. The van der Waals surface area contributed by atoms with Gasteiger partial charge in [-0.3, -0.25) is 9.59 Å². The maximum atomic E-state index is 13.8. The van der Waals surface area contributed by atoms with E-state index in [0.717, 1.165) is 30.4 Å². The number of amides is 2. The molecule has 6 heteroatoms. The smallest absolute Gasteiger partial charge is 0.247 e. The maximum absolute atomic E-state index is 13.8. The molecule has 0 bridgehead atoms. The van der Waals surface area contributed by atoms with E-state index < -0.39 is 6.04 Å². The van der Waals surface area contributed by atoms with Crippen LogP contribution in [0.25, 0.3) is 0 Å². The van der Waals surface area contributed by atoms with Crippen LogP contribution in [0.1, 0.15) is 30.4 Å². The number of rotatable bonds is 9. The molecule has 0 heterocycles. The Kier molecular flexibility index (Phi) is 8.80. The summed E-state index contributed by atoms with van der Waals surface area (Å²) >= 11 is 6.10. The third kappa shape index (κ3) is 6.76. The van der Waals surface area contributed by atoms with E-state index in [1.165, 1.54) is 0 Å². The fourth-order valence-electron chi connectivity index (χ4n) is 4.60. The third-order valence-electron chi connectivity index (χ3n) is 6.50. The fraction of sp³-hybridized carbons (Fsp3) is 0.267. The number of nitrogens with zero attached hydrogens (tertiary/aromatic N) is 1. The van der Waals surface area contributed by atoms with Crippen LogP contribution in [0.2, 0.25) is 5.02 Å². The molecule has 0 aromatic heterocycles. The van der Waals surface area contributed by atoms with Crippen LogP contribution in [0.3, 0.4) is 0 Å². The molecule has 2 atom stereocenters. The monoisotopic (exact) mass is 502 g/mol. The molecule has 2 amide bonds. The molecule has 4 rings (SSSR count). The highest BCUT2D eigenvalue weighted by atomic mass is 35.5. The minimum absolute atomic E-state index is 0.0141. The molecule has 0 saturated carbocycles. The zero-order chi connectivity index (χ0) is 25.3. The number of hydrogen-bond donors (Lipinski definition) is 1. The number of allylic oxidation sites excluding steroid dienone is 2. The van der Waals surface area contributed by atoms with Gasteiger partial charge in [-0.1, -0.05) is 66.2 Å². The lowest BCUT2D eigenvalue weighted by molar-refractivity contribution is -0.141. The summed E-state index contributed by atoms with van der Waals surface area (Å²) in [6.45, 7) is 0.323. The number of methoxy groups -OCH3 is 1. The predicted octanol–water partition coefficient (Wildman–Crippen LogP) is 6.28. The van der Waals surface area contributed by atoms with Crippen LogP contribution in [0.15, 0.2) is 91.0 Å². The van der Waals surface area contributed by atoms with Crippen molar-refractivity contribution >= 4 is 29.1 Å². The van der Waals surface area contributed by atoms with Crippen LogP contribution < -0.4 is 10.1 Å². The minimum atomic E-state index is -0.621. The van der Waals surface area contributed by atoms with Crippen molar-refractivity contribution in [1.29, 1.82) is 0 Å². The van der Waals surface area contributed by atoms with Gasteiger partial charge in [0.15, 0.2) is 0 Å². The molecule has 0 spiro atoms. The van der Waals surface area contributed by atoms with Crippen LogP contribution in [0, 0.1) is 5.92 Å². The summed E-state index contributed by atoms with van der Waals surface area (Å²) in [5.74, 6) is 0.459. The number of nitrogens with one attached hydrogen (secondary N) is 1. The molecule has 5 nitrogen and oxygen atoms in total. The molecule has 3 aromatic carbocycles. The lowest BCUT2D eigenvalue weighted by atomic mass is 9.85. The lowest BCUT2D eigenvalue weighted by Gasteiger charge is -2.37. The second kappa shape index (κ2) is 12.4. The number of anilines is 1. The number of hydrogen-bond acceptors (Lipinski definition) is 3. The van der Waals surface area contributed by atoms with E-state index in [1.807, 2.05) is 66.7 Å². The Bertz CT molecular complexity index is 1180. The summed E-state index contributed by atoms with van der Waals surface area (Å²) in [6.07, 6.45) is 6.96. The molecule has 0 fully saturated rings. The first-order chi connectivity index (χ1) is 17.5. The van der Waals surface area contributed by atoms with Gasteiger partial charge in [-0.25, -0.2) is 0 Å². The summed E-state index contributed by atoms with van der Waals surface area (Å²) in [6, 6.07) is 23.7. The molecule has 1 aliphatic rings. The van der Waals surface area contributed by atoms with Gasteiger partial charge in [-0.15, -0.1) is 0 Å². The topological polar surface area (TPSA) is 58.6 Å². The number of ether oxygens (including phenoxy) is 1. The van der Waals surface area contributed by atoms with E-state index in [1.54, 1.807) is 24.1 Å². The first kappa shape index (κ1) is 25.5. The van der Waals surface area contributed by atoms with Crippen LogP contribution >= 0.6 is 11.6 Å². The highest BCUT2D eigenvalue weighted by Gasteiger charge is 2.36. The standard InChI is InChI=1S/C30H31ClN2O3/c1-36-27-18-16-26(17-19-27)32-30(35)29(24-10-6-3-7-11-24)33(21-23-12-14-25(31)15-13-23)28(34)20-22-8-4-2-5-9-22/h2-6,8-9,12-19,24,29H,7,10-11,20-21H2,1H3,(H,32,35). The quantitative estimate of drug-likeness (QED) is 0.350. The molecule has 2 unspecified atom stereocenters. The van der Waals surface area contributed by atoms with Crippen molar-refractivity contribution in [3.05, 3.63) is 107 Å². The highest BCUT2D eigenvalue weighted by Crippen LogP contribution is 2.29. The molecule has 36 heavy (non-hydrogen) atoms. The Morgan fingerprint density at radius 3 is 2.33 bits per heavy atom. The Balaban J connectivity index is 1.66. The van der Waals surface area contributed by atoms with Gasteiger partial charge in [-0.05, 0) is 72.7 Å². The Hall–Kier alpha value is -3.57. The van der Waals surface area contributed by atoms with E-state index in [-0.39, 0.29) is 24.2 Å². The zero-order valence-corrected chi connectivity index (χ0v) is 21.2. The van der Waals surface area contributed by atoms with E-state index in [9.17, 15) is 9.59 Å². The molecule has 0 radical (unpaired) electrons. The second-order valence-electron chi connectivity index (χ2n) is 9.02. The van der Waals surface area contributed by atoms with Crippen molar-refractivity contribution in [1.82, 2.24) is 4.90 Å². The molecule has 186 valence electrons. The SMILES string of the molecule is COc1ccc(NC(=O)C(C2CC=CCC2)N(Cc2ccc(Cl)cc2)C(=O)Cc2ccccc2)cc1. The van der Waals surface area contributed by atoms with Crippen LogP contribution in [-0.2, 0) is 22.6 Å². The normalized spacial score (nSPS) is 15.7. The average molecular weight is 503 g/mol. The van der Waals surface area contributed by atoms with E-state index >= 15 is 0 Å². The van der Waals surface area contributed by atoms with Gasteiger partial charge >= 0.3 is 0 Å². The van der Waals surface area contributed by atoms with Crippen LogP contribution in [0.5, 0.6) is 5.75 Å². The minimum Gasteiger partial charge on any atom is -0.497 e. The first-order valence-electron chi connectivity index (χ1n) is 12.2. The summed E-state index contributed by atoms with van der Waals surface area (Å²) < 4.78 is 5.24. The Morgan fingerprint density at radius 1 is 0.972 bits per heavy atom. The van der Waals surface area contributed by atoms with Crippen LogP contribution in [-0.4, -0.2) is 29.9 Å². The fourth-order valence-corrected chi connectivity index (χ4v) is 4.73. The highest BCUT2D eigenvalue weighted by molar-refractivity contribution is 6.30. The average Bonchev–Trinajstić information content (AvgIpc) is 2.91. The van der Waals surface area contributed by atoms with E-state index in [0.29, 0.717) is 23.0 Å². The van der Waals surface area contributed by atoms with Crippen molar-refractivity contribution in [2.45, 2.75) is 38.3 Å². The predicted molar refractivity (Wildman–Crippen MR) is 144 cm³/mol. The van der Waals surface area contributed by atoms with Gasteiger partial charge in [0.25, 0.3) is 0 Å². The Labute approximate surface area is 217 Å². The Morgan fingerprint density at radius 2 is 1.69 bits per heavy atom. The molecular weight excluding hydrogens is 472 g/mol. The molecule has 3 aromatic rings. The van der Waals surface area contributed by atoms with Crippen molar-refractivity contribution < 1.29 is 14.3 Å².